The van der Waals surface area contributed by atoms with Gasteiger partial charge in [0.1, 0.15) is 18.2 Å². The van der Waals surface area contributed by atoms with Crippen molar-refractivity contribution in [2.45, 2.75) is 18.2 Å². The number of nitrogens with one attached hydrogen (secondary N) is 1. The van der Waals surface area contributed by atoms with Crippen molar-refractivity contribution in [2.75, 3.05) is 19.8 Å². The number of hydrogen-bond acceptors (Lipinski definition) is 6. The predicted octanol–water partition coefficient (Wildman–Crippen LogP) is 3.41. The van der Waals surface area contributed by atoms with Crippen molar-refractivity contribution in [3.8, 4) is 22.1 Å². The molecule has 0 unspecified atom stereocenters. The molecule has 1 N–H and O–H groups in total. The minimum atomic E-state index is -3.62. The number of sulfonamides is 1. The molecule has 0 aliphatic carbocycles. The number of aromatic nitrogens is 1. The molecule has 0 saturated carbocycles. The summed E-state index contributed by atoms with van der Waals surface area (Å²) in [6, 6.07) is 12.8. The van der Waals surface area contributed by atoms with Crippen LogP contribution < -0.4 is 14.2 Å². The summed E-state index contributed by atoms with van der Waals surface area (Å²) in [5, 5.41) is 2.91. The lowest BCUT2D eigenvalue weighted by atomic mass is 10.1. The van der Waals surface area contributed by atoms with Gasteiger partial charge in [-0.1, -0.05) is 23.8 Å². The quantitative estimate of drug-likeness (QED) is 0.666. The molecule has 28 heavy (non-hydrogen) atoms. The highest BCUT2D eigenvalue weighted by Gasteiger charge is 2.19. The van der Waals surface area contributed by atoms with Crippen molar-refractivity contribution in [2.24, 2.45) is 0 Å². The molecule has 0 amide bonds. The number of fused-ring (bicyclic) bond motifs is 1. The molecule has 1 aliphatic heterocycles. The third-order valence-corrected chi connectivity index (χ3v) is 6.71. The average Bonchev–Trinajstić information content (AvgIpc) is 3.16. The summed E-state index contributed by atoms with van der Waals surface area (Å²) in [4.78, 5) is 4.78. The standard InChI is InChI=1S/C20H20N2O4S2/c1-14-3-2-4-15(11-14)20-22-16(13-27-20)7-8-21-28(23,24)17-5-6-18-19(12-17)26-10-9-25-18/h2-6,11-13,21H,7-10H2,1H3. The van der Waals surface area contributed by atoms with Gasteiger partial charge in [-0.25, -0.2) is 18.1 Å². The number of rotatable bonds is 6. The molecule has 1 aliphatic rings. The first kappa shape index (κ1) is 18.9. The highest BCUT2D eigenvalue weighted by Crippen LogP contribution is 2.32. The highest BCUT2D eigenvalue weighted by molar-refractivity contribution is 7.89. The van der Waals surface area contributed by atoms with Gasteiger partial charge < -0.3 is 9.47 Å². The van der Waals surface area contributed by atoms with Gasteiger partial charge in [0.25, 0.3) is 0 Å². The van der Waals surface area contributed by atoms with E-state index < -0.39 is 10.0 Å². The van der Waals surface area contributed by atoms with Crippen molar-refractivity contribution in [1.82, 2.24) is 9.71 Å². The zero-order valence-corrected chi connectivity index (χ0v) is 17.0. The smallest absolute Gasteiger partial charge is 0.240 e. The van der Waals surface area contributed by atoms with E-state index in [4.69, 9.17) is 9.47 Å². The zero-order chi connectivity index (χ0) is 19.6. The van der Waals surface area contributed by atoms with E-state index in [1.165, 1.54) is 17.7 Å². The van der Waals surface area contributed by atoms with Gasteiger partial charge in [-0.3, -0.25) is 0 Å². The molecule has 3 aromatic rings. The van der Waals surface area contributed by atoms with Gasteiger partial charge in [0.15, 0.2) is 11.5 Å². The molecule has 146 valence electrons. The van der Waals surface area contributed by atoms with E-state index in [0.717, 1.165) is 16.3 Å². The van der Waals surface area contributed by atoms with E-state index in [9.17, 15) is 8.42 Å². The first-order valence-electron chi connectivity index (χ1n) is 8.92. The van der Waals surface area contributed by atoms with Crippen molar-refractivity contribution >= 4 is 21.4 Å². The van der Waals surface area contributed by atoms with E-state index in [-0.39, 0.29) is 11.4 Å². The maximum atomic E-state index is 12.5. The molecule has 4 rings (SSSR count). The Hall–Kier alpha value is -2.42. The number of aryl methyl sites for hydroxylation is 1. The van der Waals surface area contributed by atoms with Crippen LogP contribution in [0.3, 0.4) is 0 Å². The summed E-state index contributed by atoms with van der Waals surface area (Å²) in [6.45, 7) is 3.20. The van der Waals surface area contributed by atoms with E-state index in [0.29, 0.717) is 31.1 Å². The second kappa shape index (κ2) is 7.90. The molecule has 0 saturated heterocycles. The highest BCUT2D eigenvalue weighted by atomic mass is 32.2. The van der Waals surface area contributed by atoms with Crippen LogP contribution in [0.5, 0.6) is 11.5 Å². The number of thiazole rings is 1. The third-order valence-electron chi connectivity index (χ3n) is 4.31. The summed E-state index contributed by atoms with van der Waals surface area (Å²) in [6.07, 6.45) is 0.520. The molecular weight excluding hydrogens is 396 g/mol. The minimum absolute atomic E-state index is 0.162. The molecule has 0 fully saturated rings. The fraction of sp³-hybridized carbons (Fsp3) is 0.250. The number of hydrogen-bond donors (Lipinski definition) is 1. The summed E-state index contributed by atoms with van der Waals surface area (Å²) in [5.74, 6) is 1.02. The summed E-state index contributed by atoms with van der Waals surface area (Å²) < 4.78 is 38.6. The van der Waals surface area contributed by atoms with Gasteiger partial charge >= 0.3 is 0 Å². The Balaban J connectivity index is 1.39. The van der Waals surface area contributed by atoms with Crippen LogP contribution >= 0.6 is 11.3 Å². The van der Waals surface area contributed by atoms with Gasteiger partial charge in [0, 0.05) is 30.0 Å². The third kappa shape index (κ3) is 4.19. The van der Waals surface area contributed by atoms with E-state index >= 15 is 0 Å². The number of benzene rings is 2. The topological polar surface area (TPSA) is 77.5 Å². The predicted molar refractivity (Wildman–Crippen MR) is 109 cm³/mol. The van der Waals surface area contributed by atoms with Gasteiger partial charge in [-0.05, 0) is 25.1 Å². The van der Waals surface area contributed by atoms with Crippen LogP contribution in [0.15, 0.2) is 52.7 Å². The van der Waals surface area contributed by atoms with Crippen LogP contribution in [0.25, 0.3) is 10.6 Å². The Labute approximate surface area is 168 Å². The maximum absolute atomic E-state index is 12.5. The summed E-state index contributed by atoms with van der Waals surface area (Å²) >= 11 is 1.56. The van der Waals surface area contributed by atoms with Crippen LogP contribution in [0, 0.1) is 6.92 Å². The lowest BCUT2D eigenvalue weighted by Crippen LogP contribution is -2.26. The largest absolute Gasteiger partial charge is 0.486 e. The molecular formula is C20H20N2O4S2. The summed E-state index contributed by atoms with van der Waals surface area (Å²) in [5.41, 5.74) is 3.13. The maximum Gasteiger partial charge on any atom is 0.240 e. The van der Waals surface area contributed by atoms with Crippen LogP contribution in [0.1, 0.15) is 11.3 Å². The monoisotopic (exact) mass is 416 g/mol. The van der Waals surface area contributed by atoms with E-state index in [1.807, 2.05) is 30.5 Å². The molecule has 0 spiro atoms. The second-order valence-electron chi connectivity index (χ2n) is 6.47. The Kier molecular flexibility index (Phi) is 5.34. The molecule has 2 heterocycles. The molecule has 2 aromatic carbocycles. The Morgan fingerprint density at radius 1 is 1.11 bits per heavy atom. The Morgan fingerprint density at radius 2 is 1.93 bits per heavy atom. The molecule has 6 nitrogen and oxygen atoms in total. The van der Waals surface area contributed by atoms with Crippen LogP contribution in [0.4, 0.5) is 0 Å². The van der Waals surface area contributed by atoms with E-state index in [2.05, 4.69) is 15.8 Å². The summed E-state index contributed by atoms with van der Waals surface area (Å²) in [7, 11) is -3.62. The Morgan fingerprint density at radius 3 is 2.75 bits per heavy atom. The van der Waals surface area contributed by atoms with Gasteiger partial charge in [0.05, 0.1) is 10.6 Å². The molecule has 1 aromatic heterocycles. The van der Waals surface area contributed by atoms with Crippen molar-refractivity contribution < 1.29 is 17.9 Å². The lowest BCUT2D eigenvalue weighted by molar-refractivity contribution is 0.171. The van der Waals surface area contributed by atoms with Crippen molar-refractivity contribution in [3.63, 3.8) is 0 Å². The fourth-order valence-electron chi connectivity index (χ4n) is 2.92. The molecule has 0 bridgehead atoms. The van der Waals surface area contributed by atoms with Gasteiger partial charge in [0.2, 0.25) is 10.0 Å². The van der Waals surface area contributed by atoms with Crippen LogP contribution in [0.2, 0.25) is 0 Å². The zero-order valence-electron chi connectivity index (χ0n) is 15.3. The van der Waals surface area contributed by atoms with E-state index in [1.54, 1.807) is 17.4 Å². The van der Waals surface area contributed by atoms with Crippen molar-refractivity contribution in [3.05, 3.63) is 59.1 Å². The number of ether oxygens (including phenoxy) is 2. The van der Waals surface area contributed by atoms with Crippen molar-refractivity contribution in [1.29, 1.82) is 0 Å². The lowest BCUT2D eigenvalue weighted by Gasteiger charge is -2.18. The normalized spacial score (nSPS) is 13.5. The van der Waals surface area contributed by atoms with Gasteiger partial charge in [-0.15, -0.1) is 11.3 Å². The number of nitrogens with zero attached hydrogens (tertiary/aromatic N) is 1. The second-order valence-corrected chi connectivity index (χ2v) is 9.09. The SMILES string of the molecule is Cc1cccc(-c2nc(CCNS(=O)(=O)c3ccc4c(c3)OCCO4)cs2)c1. The molecule has 0 radical (unpaired) electrons. The first-order chi connectivity index (χ1) is 13.5. The fourth-order valence-corrected chi connectivity index (χ4v) is 4.82. The minimum Gasteiger partial charge on any atom is -0.486 e. The first-order valence-corrected chi connectivity index (χ1v) is 11.3. The molecule has 0 atom stereocenters. The molecule has 8 heteroatoms. The van der Waals surface area contributed by atoms with Gasteiger partial charge in [-0.2, -0.15) is 0 Å². The average molecular weight is 417 g/mol. The van der Waals surface area contributed by atoms with Crippen LogP contribution in [-0.2, 0) is 16.4 Å². The van der Waals surface area contributed by atoms with Crippen LogP contribution in [-0.4, -0.2) is 33.2 Å². The Bertz CT molecular complexity index is 1090.